The largest absolute Gasteiger partial charge is 0.464 e. The van der Waals surface area contributed by atoms with Gasteiger partial charge in [-0.15, -0.1) is 0 Å². The normalized spacial score (nSPS) is 10.2. The van der Waals surface area contributed by atoms with Crippen LogP contribution in [0.25, 0.3) is 0 Å². The van der Waals surface area contributed by atoms with Gasteiger partial charge in [0.25, 0.3) is 0 Å². The van der Waals surface area contributed by atoms with Gasteiger partial charge in [-0.3, -0.25) is 14.8 Å². The lowest BCUT2D eigenvalue weighted by Crippen LogP contribution is -2.09. The van der Waals surface area contributed by atoms with Crippen molar-refractivity contribution in [2.45, 2.75) is 6.54 Å². The molecule has 2 rings (SSSR count). The van der Waals surface area contributed by atoms with E-state index in [0.717, 1.165) is 5.56 Å². The summed E-state index contributed by atoms with van der Waals surface area (Å²) in [6.45, 7) is 0.298. The number of anilines is 1. The Morgan fingerprint density at radius 2 is 2.29 bits per heavy atom. The number of methoxy groups -OCH3 is 1. The van der Waals surface area contributed by atoms with Crippen LogP contribution in [0.1, 0.15) is 16.1 Å². The van der Waals surface area contributed by atoms with Gasteiger partial charge in [0, 0.05) is 31.4 Å². The standard InChI is InChI=1S/C12H13N5O4/c1-16-7-8(6-14-16)5-13-11-10(17(19)20)4-3-9(15-11)12(18)21-2/h3-4,6-7H,5H2,1-2H3,(H,13,15). The first-order valence-electron chi connectivity index (χ1n) is 5.96. The van der Waals surface area contributed by atoms with Crippen molar-refractivity contribution in [1.82, 2.24) is 14.8 Å². The first-order chi connectivity index (χ1) is 10.0. The first kappa shape index (κ1) is 14.4. The number of nitrogens with one attached hydrogen (secondary N) is 1. The number of carbonyl (C=O) groups excluding carboxylic acids is 1. The predicted molar refractivity (Wildman–Crippen MR) is 72.8 cm³/mol. The van der Waals surface area contributed by atoms with E-state index in [1.165, 1.54) is 19.2 Å². The molecule has 2 heterocycles. The van der Waals surface area contributed by atoms with Gasteiger partial charge in [0.15, 0.2) is 5.69 Å². The number of hydrogen-bond donors (Lipinski definition) is 1. The van der Waals surface area contributed by atoms with Crippen LogP contribution in [0.4, 0.5) is 11.5 Å². The number of aromatic nitrogens is 3. The molecule has 0 aliphatic carbocycles. The van der Waals surface area contributed by atoms with Gasteiger partial charge in [0.1, 0.15) is 0 Å². The van der Waals surface area contributed by atoms with E-state index in [-0.39, 0.29) is 17.2 Å². The van der Waals surface area contributed by atoms with Crippen molar-refractivity contribution in [3.63, 3.8) is 0 Å². The van der Waals surface area contributed by atoms with Crippen LogP contribution in [-0.4, -0.2) is 32.8 Å². The molecule has 21 heavy (non-hydrogen) atoms. The summed E-state index contributed by atoms with van der Waals surface area (Å²) in [5, 5.41) is 17.8. The Balaban J connectivity index is 2.25. The number of rotatable bonds is 5. The Hall–Kier alpha value is -2.97. The van der Waals surface area contributed by atoms with Gasteiger partial charge in [0.05, 0.1) is 18.2 Å². The summed E-state index contributed by atoms with van der Waals surface area (Å²) in [4.78, 5) is 25.8. The molecular weight excluding hydrogens is 278 g/mol. The predicted octanol–water partition coefficient (Wildman–Crippen LogP) is 1.12. The molecule has 0 bridgehead atoms. The fourth-order valence-electron chi connectivity index (χ4n) is 1.70. The third-order valence-electron chi connectivity index (χ3n) is 2.68. The van der Waals surface area contributed by atoms with Crippen molar-refractivity contribution in [2.75, 3.05) is 12.4 Å². The van der Waals surface area contributed by atoms with E-state index in [0.29, 0.717) is 6.54 Å². The Bertz CT molecular complexity index is 682. The van der Waals surface area contributed by atoms with Gasteiger partial charge in [-0.1, -0.05) is 0 Å². The zero-order valence-electron chi connectivity index (χ0n) is 11.4. The molecule has 9 nitrogen and oxygen atoms in total. The lowest BCUT2D eigenvalue weighted by Gasteiger charge is -2.06. The van der Waals surface area contributed by atoms with E-state index in [4.69, 9.17) is 0 Å². The molecule has 0 saturated carbocycles. The summed E-state index contributed by atoms with van der Waals surface area (Å²) >= 11 is 0. The maximum atomic E-state index is 11.4. The third-order valence-corrected chi connectivity index (χ3v) is 2.68. The van der Waals surface area contributed by atoms with E-state index in [1.807, 2.05) is 0 Å². The van der Waals surface area contributed by atoms with E-state index >= 15 is 0 Å². The molecule has 0 saturated heterocycles. The van der Waals surface area contributed by atoms with Crippen molar-refractivity contribution in [1.29, 1.82) is 0 Å². The maximum absolute atomic E-state index is 11.4. The summed E-state index contributed by atoms with van der Waals surface area (Å²) < 4.78 is 6.16. The minimum absolute atomic E-state index is 0.00298. The summed E-state index contributed by atoms with van der Waals surface area (Å²) in [7, 11) is 2.98. The molecule has 2 aromatic rings. The average molecular weight is 291 g/mol. The van der Waals surface area contributed by atoms with Crippen molar-refractivity contribution < 1.29 is 14.5 Å². The summed E-state index contributed by atoms with van der Waals surface area (Å²) in [6, 6.07) is 2.46. The monoisotopic (exact) mass is 291 g/mol. The Morgan fingerprint density at radius 3 is 2.86 bits per heavy atom. The number of pyridine rings is 1. The molecule has 0 unspecified atom stereocenters. The van der Waals surface area contributed by atoms with E-state index in [1.54, 1.807) is 24.1 Å². The molecule has 0 fully saturated rings. The minimum atomic E-state index is -0.658. The molecule has 0 amide bonds. The Kier molecular flexibility index (Phi) is 4.12. The van der Waals surface area contributed by atoms with Crippen molar-refractivity contribution in [3.8, 4) is 0 Å². The number of aryl methyl sites for hydroxylation is 1. The fraction of sp³-hybridized carbons (Fsp3) is 0.250. The number of carbonyl (C=O) groups is 1. The van der Waals surface area contributed by atoms with E-state index < -0.39 is 10.9 Å². The molecule has 0 aliphatic rings. The van der Waals surface area contributed by atoms with Crippen LogP contribution in [-0.2, 0) is 18.3 Å². The van der Waals surface area contributed by atoms with Crippen LogP contribution in [0.15, 0.2) is 24.5 Å². The lowest BCUT2D eigenvalue weighted by atomic mass is 10.3. The zero-order valence-corrected chi connectivity index (χ0v) is 11.4. The van der Waals surface area contributed by atoms with Crippen LogP contribution in [0, 0.1) is 10.1 Å². The summed E-state index contributed by atoms with van der Waals surface area (Å²) in [5.74, 6) is -0.652. The first-order valence-corrected chi connectivity index (χ1v) is 5.96. The number of nitro groups is 1. The number of ether oxygens (including phenoxy) is 1. The molecule has 0 radical (unpaired) electrons. The Morgan fingerprint density at radius 1 is 1.52 bits per heavy atom. The highest BCUT2D eigenvalue weighted by Gasteiger charge is 2.19. The SMILES string of the molecule is COC(=O)c1ccc([N+](=O)[O-])c(NCc2cnn(C)c2)n1. The van der Waals surface area contributed by atoms with Crippen LogP contribution in [0.2, 0.25) is 0 Å². The topological polar surface area (TPSA) is 112 Å². The molecular formula is C12H13N5O4. The van der Waals surface area contributed by atoms with Gasteiger partial charge in [-0.2, -0.15) is 5.10 Å². The molecule has 0 aliphatic heterocycles. The third kappa shape index (κ3) is 3.32. The van der Waals surface area contributed by atoms with Gasteiger partial charge >= 0.3 is 11.7 Å². The second-order valence-corrected chi connectivity index (χ2v) is 4.19. The number of nitrogens with zero attached hydrogens (tertiary/aromatic N) is 4. The molecule has 0 aromatic carbocycles. The molecule has 1 N–H and O–H groups in total. The minimum Gasteiger partial charge on any atom is -0.464 e. The van der Waals surface area contributed by atoms with Crippen LogP contribution < -0.4 is 5.32 Å². The second-order valence-electron chi connectivity index (χ2n) is 4.19. The quantitative estimate of drug-likeness (QED) is 0.499. The molecule has 0 spiro atoms. The highest BCUT2D eigenvalue weighted by molar-refractivity contribution is 5.88. The molecule has 9 heteroatoms. The smallest absolute Gasteiger partial charge is 0.356 e. The molecule has 110 valence electrons. The number of hydrogen-bond acceptors (Lipinski definition) is 7. The van der Waals surface area contributed by atoms with Gasteiger partial charge in [-0.25, -0.2) is 9.78 Å². The average Bonchev–Trinajstić information content (AvgIpc) is 2.89. The van der Waals surface area contributed by atoms with E-state index in [2.05, 4.69) is 20.1 Å². The highest BCUT2D eigenvalue weighted by Crippen LogP contribution is 2.23. The van der Waals surface area contributed by atoms with Gasteiger partial charge in [0.2, 0.25) is 5.82 Å². The molecule has 0 atom stereocenters. The number of esters is 1. The van der Waals surface area contributed by atoms with Gasteiger partial charge < -0.3 is 10.1 Å². The molecule has 2 aromatic heterocycles. The Labute approximate surface area is 119 Å². The summed E-state index contributed by atoms with van der Waals surface area (Å²) in [6.07, 6.45) is 3.39. The van der Waals surface area contributed by atoms with E-state index in [9.17, 15) is 14.9 Å². The second kappa shape index (κ2) is 5.99. The van der Waals surface area contributed by atoms with Crippen LogP contribution in [0.3, 0.4) is 0 Å². The van der Waals surface area contributed by atoms with Crippen molar-refractivity contribution in [2.24, 2.45) is 7.05 Å². The zero-order chi connectivity index (χ0) is 15.4. The van der Waals surface area contributed by atoms with Gasteiger partial charge in [-0.05, 0) is 6.07 Å². The fourth-order valence-corrected chi connectivity index (χ4v) is 1.70. The van der Waals surface area contributed by atoms with Crippen LogP contribution >= 0.6 is 0 Å². The van der Waals surface area contributed by atoms with Crippen LogP contribution in [0.5, 0.6) is 0 Å². The highest BCUT2D eigenvalue weighted by atomic mass is 16.6. The summed E-state index contributed by atoms with van der Waals surface area (Å²) in [5.41, 5.74) is 0.611. The lowest BCUT2D eigenvalue weighted by molar-refractivity contribution is -0.384. The van der Waals surface area contributed by atoms with Crippen molar-refractivity contribution >= 4 is 17.5 Å². The van der Waals surface area contributed by atoms with Crippen molar-refractivity contribution in [3.05, 3.63) is 45.9 Å². The maximum Gasteiger partial charge on any atom is 0.356 e.